The molecule has 0 spiro atoms. The highest BCUT2D eigenvalue weighted by atomic mass is 16.3. The van der Waals surface area contributed by atoms with Crippen LogP contribution in [0.4, 0.5) is 0 Å². The van der Waals surface area contributed by atoms with Crippen molar-refractivity contribution in [2.45, 2.75) is 25.7 Å². The van der Waals surface area contributed by atoms with Gasteiger partial charge in [-0.2, -0.15) is 0 Å². The van der Waals surface area contributed by atoms with Gasteiger partial charge < -0.3 is 9.67 Å². The van der Waals surface area contributed by atoms with Crippen LogP contribution in [0.5, 0.6) is 5.75 Å². The first-order chi connectivity index (χ1) is 8.16. The molecule has 1 N–H and O–H groups in total. The third-order valence-corrected chi connectivity index (χ3v) is 3.50. The fourth-order valence-electron chi connectivity index (χ4n) is 2.20. The Morgan fingerprint density at radius 2 is 1.88 bits per heavy atom. The van der Waals surface area contributed by atoms with Crippen LogP contribution in [-0.4, -0.2) is 14.7 Å². The summed E-state index contributed by atoms with van der Waals surface area (Å²) < 4.78 is 2.19. The molecule has 3 nitrogen and oxygen atoms in total. The zero-order valence-corrected chi connectivity index (χ0v) is 10.1. The number of imidazole rings is 1. The summed E-state index contributed by atoms with van der Waals surface area (Å²) >= 11 is 0. The summed E-state index contributed by atoms with van der Waals surface area (Å²) in [6.45, 7) is 2.10. The Morgan fingerprint density at radius 1 is 1.24 bits per heavy atom. The summed E-state index contributed by atoms with van der Waals surface area (Å²) in [7, 11) is 2.08. The predicted octanol–water partition coefficient (Wildman–Crippen LogP) is 2.98. The van der Waals surface area contributed by atoms with Crippen LogP contribution >= 0.6 is 0 Å². The molecule has 1 heterocycles. The summed E-state index contributed by atoms with van der Waals surface area (Å²) in [5, 5.41) is 9.31. The minimum atomic E-state index is 0.296. The predicted molar refractivity (Wildman–Crippen MR) is 67.0 cm³/mol. The molecular formula is C14H16N2O. The van der Waals surface area contributed by atoms with Gasteiger partial charge in [0.1, 0.15) is 11.6 Å². The Hall–Kier alpha value is -1.77. The van der Waals surface area contributed by atoms with Crippen molar-refractivity contribution in [2.24, 2.45) is 7.05 Å². The van der Waals surface area contributed by atoms with Crippen molar-refractivity contribution < 1.29 is 5.11 Å². The average molecular weight is 228 g/mol. The molecule has 1 aliphatic carbocycles. The molecule has 1 saturated carbocycles. The van der Waals surface area contributed by atoms with Crippen molar-refractivity contribution in [2.75, 3.05) is 0 Å². The Balaban J connectivity index is 2.08. The number of hydrogen-bond donors (Lipinski definition) is 1. The molecule has 0 unspecified atom stereocenters. The highest BCUT2D eigenvalue weighted by Gasteiger charge is 2.29. The van der Waals surface area contributed by atoms with Crippen LogP contribution in [0.15, 0.2) is 24.3 Å². The molecule has 1 fully saturated rings. The zero-order chi connectivity index (χ0) is 12.0. The Bertz CT molecular complexity index is 550. The van der Waals surface area contributed by atoms with Gasteiger partial charge in [0, 0.05) is 24.2 Å². The molecule has 0 bridgehead atoms. The lowest BCUT2D eigenvalue weighted by Crippen LogP contribution is -1.96. The average Bonchev–Trinajstić information content (AvgIpc) is 3.11. The number of nitrogens with zero attached hydrogens (tertiary/aromatic N) is 2. The van der Waals surface area contributed by atoms with Gasteiger partial charge in [0.05, 0.1) is 5.69 Å². The summed E-state index contributed by atoms with van der Waals surface area (Å²) in [5.41, 5.74) is 3.30. The van der Waals surface area contributed by atoms with Gasteiger partial charge in [0.2, 0.25) is 0 Å². The van der Waals surface area contributed by atoms with E-state index in [9.17, 15) is 5.11 Å². The number of phenols is 1. The summed E-state index contributed by atoms with van der Waals surface area (Å²) in [4.78, 5) is 4.75. The van der Waals surface area contributed by atoms with Gasteiger partial charge in [-0.3, -0.25) is 0 Å². The number of benzene rings is 1. The summed E-state index contributed by atoms with van der Waals surface area (Å²) in [5.74, 6) is 2.15. The molecule has 88 valence electrons. The molecule has 1 aliphatic rings. The van der Waals surface area contributed by atoms with Gasteiger partial charge in [-0.1, -0.05) is 0 Å². The maximum atomic E-state index is 9.31. The van der Waals surface area contributed by atoms with Crippen molar-refractivity contribution in [3.8, 4) is 17.0 Å². The molecule has 1 aromatic heterocycles. The van der Waals surface area contributed by atoms with E-state index in [0.717, 1.165) is 11.3 Å². The highest BCUT2D eigenvalue weighted by molar-refractivity contribution is 5.63. The minimum Gasteiger partial charge on any atom is -0.508 e. The first-order valence-electron chi connectivity index (χ1n) is 5.99. The molecule has 17 heavy (non-hydrogen) atoms. The topological polar surface area (TPSA) is 38.1 Å². The summed E-state index contributed by atoms with van der Waals surface area (Å²) in [6, 6.07) is 7.25. The van der Waals surface area contributed by atoms with Gasteiger partial charge >= 0.3 is 0 Å². The number of aromatic nitrogens is 2. The molecule has 0 atom stereocenters. The molecule has 1 aromatic carbocycles. The van der Waals surface area contributed by atoms with Gasteiger partial charge in [0.15, 0.2) is 0 Å². The second-order valence-electron chi connectivity index (χ2n) is 4.78. The van der Waals surface area contributed by atoms with Crippen LogP contribution in [0, 0.1) is 6.92 Å². The van der Waals surface area contributed by atoms with E-state index in [-0.39, 0.29) is 0 Å². The van der Waals surface area contributed by atoms with Crippen molar-refractivity contribution in [1.29, 1.82) is 0 Å². The van der Waals surface area contributed by atoms with Gasteiger partial charge in [0.25, 0.3) is 0 Å². The third kappa shape index (κ3) is 1.71. The van der Waals surface area contributed by atoms with Crippen molar-refractivity contribution in [3.05, 3.63) is 35.8 Å². The molecule has 3 heteroatoms. The molecule has 0 saturated heterocycles. The fourth-order valence-corrected chi connectivity index (χ4v) is 2.20. The smallest absolute Gasteiger partial charge is 0.115 e. The second kappa shape index (κ2) is 3.62. The first-order valence-corrected chi connectivity index (χ1v) is 5.99. The van der Waals surface area contributed by atoms with Crippen LogP contribution in [0.3, 0.4) is 0 Å². The SMILES string of the molecule is Cc1c(-c2ccc(O)cc2)nc(C2CC2)n1C. The Morgan fingerprint density at radius 3 is 2.47 bits per heavy atom. The summed E-state index contributed by atoms with van der Waals surface area (Å²) in [6.07, 6.45) is 2.53. The van der Waals surface area contributed by atoms with Crippen LogP contribution in [-0.2, 0) is 7.05 Å². The third-order valence-electron chi connectivity index (χ3n) is 3.50. The Labute approximate surface area is 101 Å². The fraction of sp³-hybridized carbons (Fsp3) is 0.357. The second-order valence-corrected chi connectivity index (χ2v) is 4.78. The largest absolute Gasteiger partial charge is 0.508 e. The lowest BCUT2D eigenvalue weighted by molar-refractivity contribution is 0.475. The van der Waals surface area contributed by atoms with Crippen molar-refractivity contribution in [1.82, 2.24) is 9.55 Å². The quantitative estimate of drug-likeness (QED) is 0.858. The molecule has 3 rings (SSSR count). The van der Waals surface area contributed by atoms with Gasteiger partial charge in [-0.05, 0) is 44.0 Å². The van der Waals surface area contributed by atoms with E-state index in [1.54, 1.807) is 12.1 Å². The number of rotatable bonds is 2. The normalized spacial score (nSPS) is 15.2. The van der Waals surface area contributed by atoms with E-state index in [1.807, 2.05) is 12.1 Å². The van der Waals surface area contributed by atoms with Crippen molar-refractivity contribution >= 4 is 0 Å². The monoisotopic (exact) mass is 228 g/mol. The molecular weight excluding hydrogens is 212 g/mol. The Kier molecular flexibility index (Phi) is 2.21. The minimum absolute atomic E-state index is 0.296. The van der Waals surface area contributed by atoms with Crippen LogP contribution in [0.1, 0.15) is 30.3 Å². The van der Waals surface area contributed by atoms with Gasteiger partial charge in [-0.15, -0.1) is 0 Å². The van der Waals surface area contributed by atoms with E-state index < -0.39 is 0 Å². The van der Waals surface area contributed by atoms with Crippen LogP contribution in [0.25, 0.3) is 11.3 Å². The van der Waals surface area contributed by atoms with E-state index >= 15 is 0 Å². The van der Waals surface area contributed by atoms with E-state index in [4.69, 9.17) is 4.98 Å². The first kappa shape index (κ1) is 10.4. The van der Waals surface area contributed by atoms with Gasteiger partial charge in [-0.25, -0.2) is 4.98 Å². The number of hydrogen-bond acceptors (Lipinski definition) is 2. The maximum Gasteiger partial charge on any atom is 0.115 e. The van der Waals surface area contributed by atoms with Crippen LogP contribution < -0.4 is 0 Å². The molecule has 0 aliphatic heterocycles. The lowest BCUT2D eigenvalue weighted by Gasteiger charge is -2.01. The van der Waals surface area contributed by atoms with E-state index in [2.05, 4.69) is 18.5 Å². The zero-order valence-electron chi connectivity index (χ0n) is 10.1. The molecule has 2 aromatic rings. The molecule has 0 amide bonds. The lowest BCUT2D eigenvalue weighted by atomic mass is 10.1. The maximum absolute atomic E-state index is 9.31. The molecule has 0 radical (unpaired) electrons. The highest BCUT2D eigenvalue weighted by Crippen LogP contribution is 2.41. The standard InChI is InChI=1S/C14H16N2O/c1-9-13(10-5-7-12(17)8-6-10)15-14(16(9)2)11-3-4-11/h5-8,11,17H,3-4H2,1-2H3. The van der Waals surface area contributed by atoms with Crippen LogP contribution in [0.2, 0.25) is 0 Å². The van der Waals surface area contributed by atoms with E-state index in [0.29, 0.717) is 11.7 Å². The van der Waals surface area contributed by atoms with E-state index in [1.165, 1.54) is 24.4 Å². The number of aromatic hydroxyl groups is 1. The van der Waals surface area contributed by atoms with Crippen molar-refractivity contribution in [3.63, 3.8) is 0 Å². The number of phenolic OH excluding ortho intramolecular Hbond substituents is 1.